The fourth-order valence-corrected chi connectivity index (χ4v) is 2.24. The molecule has 1 unspecified atom stereocenters. The molecule has 1 atom stereocenters. The first-order valence-electron chi connectivity index (χ1n) is 5.76. The van der Waals surface area contributed by atoms with E-state index in [0.717, 1.165) is 12.1 Å². The monoisotopic (exact) mass is 247 g/mol. The number of hydrogen-bond acceptors (Lipinski definition) is 5. The lowest BCUT2D eigenvalue weighted by Crippen LogP contribution is -2.55. The minimum absolute atomic E-state index is 0.423. The number of nitrogens with one attached hydrogen (secondary N) is 1. The van der Waals surface area contributed by atoms with Crippen LogP contribution in [0.2, 0.25) is 0 Å². The Morgan fingerprint density at radius 1 is 1.50 bits per heavy atom. The third-order valence-electron chi connectivity index (χ3n) is 3.10. The summed E-state index contributed by atoms with van der Waals surface area (Å²) in [5.41, 5.74) is 0.825. The number of carboxylic acids is 1. The first-order chi connectivity index (χ1) is 8.77. The van der Waals surface area contributed by atoms with Crippen molar-refractivity contribution in [3.05, 3.63) is 24.7 Å². The number of fused-ring (bicyclic) bond motifs is 1. The Morgan fingerprint density at radius 3 is 3.22 bits per heavy atom. The zero-order valence-corrected chi connectivity index (χ0v) is 9.65. The quantitative estimate of drug-likeness (QED) is 0.751. The van der Waals surface area contributed by atoms with Gasteiger partial charge >= 0.3 is 5.97 Å². The number of rotatable bonds is 2. The van der Waals surface area contributed by atoms with E-state index in [1.165, 1.54) is 0 Å². The molecule has 2 aromatic rings. The second kappa shape index (κ2) is 4.26. The normalized spacial score (nSPS) is 20.2. The smallest absolute Gasteiger partial charge is 0.327 e. The van der Waals surface area contributed by atoms with E-state index in [0.29, 0.717) is 18.9 Å². The Morgan fingerprint density at radius 2 is 2.39 bits per heavy atom. The highest BCUT2D eigenvalue weighted by Crippen LogP contribution is 2.21. The zero-order chi connectivity index (χ0) is 12.5. The lowest BCUT2D eigenvalue weighted by Gasteiger charge is -2.34. The molecule has 0 aliphatic carbocycles. The van der Waals surface area contributed by atoms with E-state index in [1.807, 2.05) is 11.0 Å². The van der Waals surface area contributed by atoms with Crippen molar-refractivity contribution in [3.63, 3.8) is 0 Å². The van der Waals surface area contributed by atoms with Crippen LogP contribution in [-0.2, 0) is 4.79 Å². The van der Waals surface area contributed by atoms with Crippen molar-refractivity contribution >= 4 is 17.3 Å². The summed E-state index contributed by atoms with van der Waals surface area (Å²) < 4.78 is 1.70. The van der Waals surface area contributed by atoms with E-state index in [4.69, 9.17) is 0 Å². The van der Waals surface area contributed by atoms with Crippen molar-refractivity contribution in [2.24, 2.45) is 0 Å². The fourth-order valence-electron chi connectivity index (χ4n) is 2.24. The second-order valence-electron chi connectivity index (χ2n) is 4.16. The minimum Gasteiger partial charge on any atom is -0.480 e. The van der Waals surface area contributed by atoms with Gasteiger partial charge in [0.15, 0.2) is 5.82 Å². The van der Waals surface area contributed by atoms with Gasteiger partial charge in [-0.3, -0.25) is 0 Å². The van der Waals surface area contributed by atoms with Crippen LogP contribution < -0.4 is 10.2 Å². The summed E-state index contributed by atoms with van der Waals surface area (Å²) in [5.74, 6) is -0.172. The van der Waals surface area contributed by atoms with E-state index >= 15 is 0 Å². The van der Waals surface area contributed by atoms with Crippen molar-refractivity contribution in [2.45, 2.75) is 6.04 Å². The van der Waals surface area contributed by atoms with E-state index in [-0.39, 0.29) is 0 Å². The maximum Gasteiger partial charge on any atom is 0.327 e. The number of anilines is 1. The van der Waals surface area contributed by atoms with Gasteiger partial charge in [-0.2, -0.15) is 5.10 Å². The summed E-state index contributed by atoms with van der Waals surface area (Å²) in [6, 6.07) is 1.25. The van der Waals surface area contributed by atoms with E-state index in [9.17, 15) is 9.90 Å². The molecule has 1 saturated heterocycles. The van der Waals surface area contributed by atoms with Crippen LogP contribution in [0.4, 0.5) is 5.82 Å². The van der Waals surface area contributed by atoms with Gasteiger partial charge in [-0.05, 0) is 6.07 Å². The molecular weight excluding hydrogens is 234 g/mol. The summed E-state index contributed by atoms with van der Waals surface area (Å²) in [7, 11) is 0. The van der Waals surface area contributed by atoms with Gasteiger partial charge in [0, 0.05) is 32.0 Å². The van der Waals surface area contributed by atoms with E-state index in [1.54, 1.807) is 23.1 Å². The zero-order valence-electron chi connectivity index (χ0n) is 9.65. The molecule has 18 heavy (non-hydrogen) atoms. The molecule has 0 saturated carbocycles. The van der Waals surface area contributed by atoms with Crippen LogP contribution in [0.15, 0.2) is 24.7 Å². The minimum atomic E-state index is -0.842. The van der Waals surface area contributed by atoms with Gasteiger partial charge in [0.1, 0.15) is 11.6 Å². The average Bonchev–Trinajstić information content (AvgIpc) is 2.86. The highest BCUT2D eigenvalue weighted by Gasteiger charge is 2.30. The Labute approximate surface area is 103 Å². The van der Waals surface area contributed by atoms with Gasteiger partial charge in [-0.25, -0.2) is 14.3 Å². The molecular formula is C11H13N5O2. The average molecular weight is 247 g/mol. The van der Waals surface area contributed by atoms with Gasteiger partial charge in [-0.15, -0.1) is 0 Å². The molecule has 0 radical (unpaired) electrons. The van der Waals surface area contributed by atoms with Crippen LogP contribution in [0.1, 0.15) is 0 Å². The van der Waals surface area contributed by atoms with E-state index < -0.39 is 12.0 Å². The fraction of sp³-hybridized carbons (Fsp3) is 0.364. The molecule has 7 heteroatoms. The molecule has 0 spiro atoms. The molecule has 7 nitrogen and oxygen atoms in total. The second-order valence-corrected chi connectivity index (χ2v) is 4.16. The molecule has 2 aromatic heterocycles. The lowest BCUT2D eigenvalue weighted by atomic mass is 10.2. The molecule has 1 fully saturated rings. The van der Waals surface area contributed by atoms with Crippen LogP contribution >= 0.6 is 0 Å². The highest BCUT2D eigenvalue weighted by atomic mass is 16.4. The Kier molecular flexibility index (Phi) is 2.60. The predicted octanol–water partition coefficient (Wildman–Crippen LogP) is -0.408. The molecule has 0 aromatic carbocycles. The predicted molar refractivity (Wildman–Crippen MR) is 64.6 cm³/mol. The molecule has 1 aliphatic heterocycles. The highest BCUT2D eigenvalue weighted by molar-refractivity contribution is 5.81. The van der Waals surface area contributed by atoms with Crippen molar-refractivity contribution in [1.82, 2.24) is 19.9 Å². The SMILES string of the molecule is O=C(O)C1CNCCN1c1nccn2nccc12. The number of nitrogens with zero attached hydrogens (tertiary/aromatic N) is 4. The Hall–Kier alpha value is -2.15. The molecule has 94 valence electrons. The molecule has 2 N–H and O–H groups in total. The van der Waals surface area contributed by atoms with Crippen molar-refractivity contribution < 1.29 is 9.90 Å². The first kappa shape index (κ1) is 11.0. The largest absolute Gasteiger partial charge is 0.480 e. The Balaban J connectivity index is 2.06. The van der Waals surface area contributed by atoms with Gasteiger partial charge in [-0.1, -0.05) is 0 Å². The van der Waals surface area contributed by atoms with Crippen molar-refractivity contribution in [1.29, 1.82) is 0 Å². The van der Waals surface area contributed by atoms with Crippen LogP contribution in [0.25, 0.3) is 5.52 Å². The molecule has 3 rings (SSSR count). The number of hydrogen-bond donors (Lipinski definition) is 2. The molecule has 0 bridgehead atoms. The number of aromatic nitrogens is 3. The lowest BCUT2D eigenvalue weighted by molar-refractivity contribution is -0.138. The topological polar surface area (TPSA) is 82.8 Å². The maximum atomic E-state index is 11.3. The standard InChI is InChI=1S/C11H13N5O2/c17-11(18)9-7-12-3-5-15(9)10-8-1-2-14-16(8)6-4-13-10/h1-2,4,6,9,12H,3,5,7H2,(H,17,18). The maximum absolute atomic E-state index is 11.3. The van der Waals surface area contributed by atoms with Crippen molar-refractivity contribution in [2.75, 3.05) is 24.5 Å². The van der Waals surface area contributed by atoms with E-state index in [2.05, 4.69) is 15.4 Å². The Bertz CT molecular complexity index is 582. The summed E-state index contributed by atoms with van der Waals surface area (Å²) in [6.07, 6.45) is 5.06. The van der Waals surface area contributed by atoms with Gasteiger partial charge in [0.05, 0.1) is 6.20 Å². The molecule has 0 amide bonds. The number of piperazine rings is 1. The van der Waals surface area contributed by atoms with Gasteiger partial charge in [0.25, 0.3) is 0 Å². The summed E-state index contributed by atoms with van der Waals surface area (Å²) in [4.78, 5) is 17.4. The summed E-state index contributed by atoms with van der Waals surface area (Å²) in [5, 5.41) is 16.5. The number of carbonyl (C=O) groups is 1. The first-order valence-corrected chi connectivity index (χ1v) is 5.76. The van der Waals surface area contributed by atoms with Crippen LogP contribution in [0, 0.1) is 0 Å². The number of aliphatic carboxylic acids is 1. The molecule has 1 aliphatic rings. The van der Waals surface area contributed by atoms with Gasteiger partial charge in [0.2, 0.25) is 0 Å². The van der Waals surface area contributed by atoms with Gasteiger partial charge < -0.3 is 15.3 Å². The third-order valence-corrected chi connectivity index (χ3v) is 3.10. The van der Waals surface area contributed by atoms with Crippen LogP contribution in [0.3, 0.4) is 0 Å². The number of carboxylic acid groups (broad SMARTS) is 1. The van der Waals surface area contributed by atoms with Crippen molar-refractivity contribution in [3.8, 4) is 0 Å². The summed E-state index contributed by atoms with van der Waals surface area (Å²) >= 11 is 0. The summed E-state index contributed by atoms with van der Waals surface area (Å²) in [6.45, 7) is 1.79. The third kappa shape index (κ3) is 1.68. The molecule has 3 heterocycles. The van der Waals surface area contributed by atoms with Crippen LogP contribution in [-0.4, -0.2) is 51.4 Å². The van der Waals surface area contributed by atoms with Crippen LogP contribution in [0.5, 0.6) is 0 Å².